The molecule has 1 aromatic heterocycles. The van der Waals surface area contributed by atoms with Gasteiger partial charge in [-0.2, -0.15) is 5.10 Å². The molecule has 1 fully saturated rings. The molecule has 2 heterocycles. The zero-order chi connectivity index (χ0) is 13.9. The van der Waals surface area contributed by atoms with E-state index in [1.54, 1.807) is 0 Å². The van der Waals surface area contributed by atoms with Gasteiger partial charge in [0.05, 0.1) is 18.0 Å². The fourth-order valence-corrected chi connectivity index (χ4v) is 2.89. The first-order valence-electron chi connectivity index (χ1n) is 7.31. The Kier molecular flexibility index (Phi) is 3.74. The van der Waals surface area contributed by atoms with Crippen molar-refractivity contribution >= 4 is 5.82 Å². The molecule has 20 heavy (non-hydrogen) atoms. The van der Waals surface area contributed by atoms with Gasteiger partial charge < -0.3 is 10.5 Å². The van der Waals surface area contributed by atoms with Gasteiger partial charge in [-0.1, -0.05) is 25.1 Å². The third-order valence-electron chi connectivity index (χ3n) is 3.96. The highest BCUT2D eigenvalue weighted by Gasteiger charge is 2.24. The number of ether oxygens (including phenoxy) is 1. The highest BCUT2D eigenvalue weighted by molar-refractivity contribution is 5.51. The smallest absolute Gasteiger partial charge is 0.130 e. The Morgan fingerprint density at radius 3 is 2.80 bits per heavy atom. The van der Waals surface area contributed by atoms with Crippen molar-refractivity contribution in [2.24, 2.45) is 0 Å². The summed E-state index contributed by atoms with van der Waals surface area (Å²) in [5.74, 6) is 1.14. The minimum atomic E-state index is 0.381. The number of anilines is 1. The maximum atomic E-state index is 6.31. The van der Waals surface area contributed by atoms with Gasteiger partial charge in [0.2, 0.25) is 0 Å². The fraction of sp³-hybridized carbons (Fsp3) is 0.438. The number of nitrogen functional groups attached to an aromatic ring is 1. The monoisotopic (exact) mass is 271 g/mol. The molecule has 1 atom stereocenters. The van der Waals surface area contributed by atoms with E-state index >= 15 is 0 Å². The van der Waals surface area contributed by atoms with Gasteiger partial charge in [-0.3, -0.25) is 0 Å². The van der Waals surface area contributed by atoms with Crippen LogP contribution in [0, 0.1) is 0 Å². The number of para-hydroxylation sites is 1. The Hall–Kier alpha value is -1.81. The van der Waals surface area contributed by atoms with E-state index in [2.05, 4.69) is 6.92 Å². The summed E-state index contributed by atoms with van der Waals surface area (Å²) in [6, 6.07) is 10.1. The van der Waals surface area contributed by atoms with Crippen LogP contribution in [0.2, 0.25) is 0 Å². The van der Waals surface area contributed by atoms with Crippen LogP contribution in [0.4, 0.5) is 5.82 Å². The SMILES string of the molecule is CCc1c(C2CCCOC2)nn(-c2ccccc2)c1N. The molecule has 3 rings (SSSR count). The molecule has 106 valence electrons. The Balaban J connectivity index is 2.02. The van der Waals surface area contributed by atoms with Gasteiger partial charge >= 0.3 is 0 Å². The first-order chi connectivity index (χ1) is 9.81. The predicted octanol–water partition coefficient (Wildman–Crippen LogP) is 2.91. The van der Waals surface area contributed by atoms with Crippen LogP contribution in [-0.4, -0.2) is 23.0 Å². The molecule has 4 heteroatoms. The molecule has 0 aliphatic carbocycles. The van der Waals surface area contributed by atoms with E-state index in [9.17, 15) is 0 Å². The molecule has 2 aromatic rings. The van der Waals surface area contributed by atoms with E-state index in [-0.39, 0.29) is 0 Å². The van der Waals surface area contributed by atoms with Crippen LogP contribution in [-0.2, 0) is 11.2 Å². The summed E-state index contributed by atoms with van der Waals surface area (Å²) in [6.07, 6.45) is 3.15. The van der Waals surface area contributed by atoms with E-state index in [1.165, 1.54) is 5.56 Å². The van der Waals surface area contributed by atoms with Gasteiger partial charge in [0, 0.05) is 18.1 Å². The average molecular weight is 271 g/mol. The van der Waals surface area contributed by atoms with Crippen LogP contribution in [0.1, 0.15) is 36.9 Å². The Morgan fingerprint density at radius 2 is 2.15 bits per heavy atom. The minimum absolute atomic E-state index is 0.381. The molecule has 0 spiro atoms. The maximum absolute atomic E-state index is 6.31. The number of rotatable bonds is 3. The number of nitrogens with two attached hydrogens (primary N) is 1. The largest absolute Gasteiger partial charge is 0.383 e. The average Bonchev–Trinajstić information content (AvgIpc) is 2.86. The predicted molar refractivity (Wildman–Crippen MR) is 80.1 cm³/mol. The van der Waals surface area contributed by atoms with Gasteiger partial charge in [0.15, 0.2) is 0 Å². The lowest BCUT2D eigenvalue weighted by atomic mass is 9.95. The van der Waals surface area contributed by atoms with Crippen LogP contribution in [0.3, 0.4) is 0 Å². The summed E-state index contributed by atoms with van der Waals surface area (Å²) in [5, 5.41) is 4.79. The lowest BCUT2D eigenvalue weighted by Crippen LogP contribution is -2.17. The normalized spacial score (nSPS) is 19.1. The first kappa shape index (κ1) is 13.2. The minimum Gasteiger partial charge on any atom is -0.383 e. The van der Waals surface area contributed by atoms with Crippen molar-refractivity contribution in [1.29, 1.82) is 0 Å². The third-order valence-corrected chi connectivity index (χ3v) is 3.96. The fourth-order valence-electron chi connectivity index (χ4n) is 2.89. The molecule has 0 amide bonds. The topological polar surface area (TPSA) is 53.1 Å². The van der Waals surface area contributed by atoms with Crippen molar-refractivity contribution in [3.8, 4) is 5.69 Å². The molecule has 1 unspecified atom stereocenters. The molecule has 0 radical (unpaired) electrons. The van der Waals surface area contributed by atoms with Gasteiger partial charge in [-0.15, -0.1) is 0 Å². The Morgan fingerprint density at radius 1 is 1.35 bits per heavy atom. The molecule has 1 aromatic carbocycles. The molecule has 0 saturated carbocycles. The van der Waals surface area contributed by atoms with Crippen molar-refractivity contribution in [2.75, 3.05) is 18.9 Å². The van der Waals surface area contributed by atoms with Crippen molar-refractivity contribution in [2.45, 2.75) is 32.1 Å². The molecule has 0 bridgehead atoms. The lowest BCUT2D eigenvalue weighted by molar-refractivity contribution is 0.0790. The first-order valence-corrected chi connectivity index (χ1v) is 7.31. The highest BCUT2D eigenvalue weighted by Crippen LogP contribution is 2.31. The van der Waals surface area contributed by atoms with Gasteiger partial charge in [0.1, 0.15) is 5.82 Å². The standard InChI is InChI=1S/C16H21N3O/c1-2-14-15(12-7-6-10-20-11-12)18-19(16(14)17)13-8-4-3-5-9-13/h3-5,8-9,12H,2,6-7,10-11,17H2,1H3. The summed E-state index contributed by atoms with van der Waals surface area (Å²) < 4.78 is 7.46. The molecular formula is C16H21N3O. The molecule has 2 N–H and O–H groups in total. The number of hydrogen-bond donors (Lipinski definition) is 1. The van der Waals surface area contributed by atoms with Crippen LogP contribution >= 0.6 is 0 Å². The van der Waals surface area contributed by atoms with E-state index in [4.69, 9.17) is 15.6 Å². The second kappa shape index (κ2) is 5.67. The molecular weight excluding hydrogens is 250 g/mol. The van der Waals surface area contributed by atoms with Crippen LogP contribution in [0.5, 0.6) is 0 Å². The quantitative estimate of drug-likeness (QED) is 0.934. The number of hydrogen-bond acceptors (Lipinski definition) is 3. The Bertz CT molecular complexity index is 571. The van der Waals surface area contributed by atoms with E-state index < -0.39 is 0 Å². The summed E-state index contributed by atoms with van der Waals surface area (Å²) in [7, 11) is 0. The third kappa shape index (κ3) is 2.31. The van der Waals surface area contributed by atoms with Gasteiger partial charge in [-0.25, -0.2) is 4.68 Å². The van der Waals surface area contributed by atoms with Crippen LogP contribution in [0.25, 0.3) is 5.69 Å². The summed E-state index contributed by atoms with van der Waals surface area (Å²) >= 11 is 0. The van der Waals surface area contributed by atoms with Crippen molar-refractivity contribution in [3.05, 3.63) is 41.6 Å². The number of nitrogens with zero attached hydrogens (tertiary/aromatic N) is 2. The molecule has 1 aliphatic heterocycles. The zero-order valence-electron chi connectivity index (χ0n) is 11.9. The van der Waals surface area contributed by atoms with Gasteiger partial charge in [0.25, 0.3) is 0 Å². The second-order valence-electron chi connectivity index (χ2n) is 5.26. The van der Waals surface area contributed by atoms with E-state index in [1.807, 2.05) is 35.0 Å². The molecule has 1 saturated heterocycles. The number of aromatic nitrogens is 2. The summed E-state index contributed by atoms with van der Waals surface area (Å²) in [4.78, 5) is 0. The van der Waals surface area contributed by atoms with E-state index in [0.29, 0.717) is 5.92 Å². The zero-order valence-corrected chi connectivity index (χ0v) is 11.9. The molecule has 1 aliphatic rings. The number of benzene rings is 1. The summed E-state index contributed by atoms with van der Waals surface area (Å²) in [5.41, 5.74) is 9.62. The van der Waals surface area contributed by atoms with Crippen LogP contribution < -0.4 is 5.73 Å². The van der Waals surface area contributed by atoms with Crippen molar-refractivity contribution in [3.63, 3.8) is 0 Å². The molecule has 4 nitrogen and oxygen atoms in total. The summed E-state index contributed by atoms with van der Waals surface area (Å²) in [6.45, 7) is 3.76. The van der Waals surface area contributed by atoms with Crippen molar-refractivity contribution < 1.29 is 4.74 Å². The van der Waals surface area contributed by atoms with Crippen LogP contribution in [0.15, 0.2) is 30.3 Å². The lowest BCUT2D eigenvalue weighted by Gasteiger charge is -2.21. The second-order valence-corrected chi connectivity index (χ2v) is 5.26. The Labute approximate surface area is 119 Å². The van der Waals surface area contributed by atoms with Crippen molar-refractivity contribution in [1.82, 2.24) is 9.78 Å². The highest BCUT2D eigenvalue weighted by atomic mass is 16.5. The van der Waals surface area contributed by atoms with E-state index in [0.717, 1.165) is 49.7 Å². The van der Waals surface area contributed by atoms with Gasteiger partial charge in [-0.05, 0) is 31.4 Å². The maximum Gasteiger partial charge on any atom is 0.130 e.